The van der Waals surface area contributed by atoms with Gasteiger partial charge in [-0.05, 0) is 12.3 Å². The Bertz CT molecular complexity index is 397. The minimum Gasteiger partial charge on any atom is -0.337 e. The standard InChI is InChI=1S/C12H18ClN3O/c1-8(12(2,3)4)16(5)11(17)9-6-15-10(13)7-14-9/h6-8H,1-5H3. The number of hydrogen-bond acceptors (Lipinski definition) is 3. The van der Waals surface area contributed by atoms with Gasteiger partial charge in [0, 0.05) is 13.1 Å². The fraction of sp³-hybridized carbons (Fsp3) is 0.583. The minimum atomic E-state index is -0.142. The molecule has 0 aromatic carbocycles. The Labute approximate surface area is 107 Å². The molecule has 0 spiro atoms. The van der Waals surface area contributed by atoms with Crippen LogP contribution in [0.5, 0.6) is 0 Å². The molecule has 0 aliphatic rings. The van der Waals surface area contributed by atoms with Crippen LogP contribution in [-0.2, 0) is 0 Å². The maximum absolute atomic E-state index is 12.1. The van der Waals surface area contributed by atoms with E-state index in [-0.39, 0.29) is 22.5 Å². The van der Waals surface area contributed by atoms with Gasteiger partial charge < -0.3 is 4.90 Å². The zero-order chi connectivity index (χ0) is 13.2. The lowest BCUT2D eigenvalue weighted by atomic mass is 9.87. The molecular weight excluding hydrogens is 238 g/mol. The van der Waals surface area contributed by atoms with Crippen LogP contribution in [0.4, 0.5) is 0 Å². The summed E-state index contributed by atoms with van der Waals surface area (Å²) < 4.78 is 0. The third kappa shape index (κ3) is 3.40. The summed E-state index contributed by atoms with van der Waals surface area (Å²) in [5.74, 6) is -0.142. The monoisotopic (exact) mass is 255 g/mol. The second kappa shape index (κ2) is 5.00. The van der Waals surface area contributed by atoms with Crippen molar-refractivity contribution in [1.29, 1.82) is 0 Å². The normalized spacial score (nSPS) is 13.3. The SMILES string of the molecule is CC(N(C)C(=O)c1cnc(Cl)cn1)C(C)(C)C. The summed E-state index contributed by atoms with van der Waals surface area (Å²) >= 11 is 5.63. The molecule has 4 nitrogen and oxygen atoms in total. The number of aromatic nitrogens is 2. The van der Waals surface area contributed by atoms with Gasteiger partial charge in [-0.25, -0.2) is 9.97 Å². The van der Waals surface area contributed by atoms with Crippen LogP contribution in [0.1, 0.15) is 38.2 Å². The summed E-state index contributed by atoms with van der Waals surface area (Å²) in [5.41, 5.74) is 0.331. The third-order valence-corrected chi connectivity index (χ3v) is 3.19. The maximum atomic E-state index is 12.1. The fourth-order valence-corrected chi connectivity index (χ4v) is 1.46. The Morgan fingerprint density at radius 3 is 2.35 bits per heavy atom. The van der Waals surface area contributed by atoms with E-state index in [0.717, 1.165) is 0 Å². The number of hydrogen-bond donors (Lipinski definition) is 0. The van der Waals surface area contributed by atoms with E-state index in [0.29, 0.717) is 5.69 Å². The van der Waals surface area contributed by atoms with E-state index in [2.05, 4.69) is 30.7 Å². The molecule has 0 N–H and O–H groups in total. The van der Waals surface area contributed by atoms with Gasteiger partial charge in [0.2, 0.25) is 0 Å². The van der Waals surface area contributed by atoms with E-state index in [1.165, 1.54) is 12.4 Å². The molecule has 0 radical (unpaired) electrons. The van der Waals surface area contributed by atoms with Crippen LogP contribution in [0.25, 0.3) is 0 Å². The lowest BCUT2D eigenvalue weighted by molar-refractivity contribution is 0.0623. The highest BCUT2D eigenvalue weighted by molar-refractivity contribution is 6.29. The summed E-state index contributed by atoms with van der Waals surface area (Å²) in [6.45, 7) is 8.29. The average Bonchev–Trinajstić information content (AvgIpc) is 2.26. The molecule has 0 saturated heterocycles. The molecule has 17 heavy (non-hydrogen) atoms. The van der Waals surface area contributed by atoms with E-state index >= 15 is 0 Å². The van der Waals surface area contributed by atoms with Crippen LogP contribution in [0.3, 0.4) is 0 Å². The van der Waals surface area contributed by atoms with Crippen LogP contribution >= 0.6 is 11.6 Å². The van der Waals surface area contributed by atoms with Crippen molar-refractivity contribution < 1.29 is 4.79 Å². The number of carbonyl (C=O) groups excluding carboxylic acids is 1. The van der Waals surface area contributed by atoms with E-state index < -0.39 is 0 Å². The molecule has 0 fully saturated rings. The molecule has 0 bridgehead atoms. The first-order chi connectivity index (χ1) is 7.73. The summed E-state index contributed by atoms with van der Waals surface area (Å²) in [7, 11) is 1.77. The Morgan fingerprint density at radius 2 is 1.94 bits per heavy atom. The number of halogens is 1. The first-order valence-electron chi connectivity index (χ1n) is 5.48. The van der Waals surface area contributed by atoms with Crippen LogP contribution < -0.4 is 0 Å². The summed E-state index contributed by atoms with van der Waals surface area (Å²) in [5, 5.41) is 0.285. The summed E-state index contributed by atoms with van der Waals surface area (Å²) in [4.78, 5) is 21.6. The highest BCUT2D eigenvalue weighted by Crippen LogP contribution is 2.23. The van der Waals surface area contributed by atoms with Crippen molar-refractivity contribution in [1.82, 2.24) is 14.9 Å². The molecule has 1 amide bonds. The quantitative estimate of drug-likeness (QED) is 0.816. The second-order valence-corrected chi connectivity index (χ2v) is 5.57. The van der Waals surface area contributed by atoms with Crippen molar-refractivity contribution in [2.24, 2.45) is 5.41 Å². The van der Waals surface area contributed by atoms with Crippen LogP contribution in [0, 0.1) is 5.41 Å². The minimum absolute atomic E-state index is 0.0181. The Morgan fingerprint density at radius 1 is 1.35 bits per heavy atom. The summed E-state index contributed by atoms with van der Waals surface area (Å²) in [6.07, 6.45) is 2.78. The van der Waals surface area contributed by atoms with Gasteiger partial charge in [-0.2, -0.15) is 0 Å². The van der Waals surface area contributed by atoms with E-state index in [9.17, 15) is 4.79 Å². The smallest absolute Gasteiger partial charge is 0.274 e. The molecule has 1 aromatic heterocycles. The molecule has 1 aromatic rings. The van der Waals surface area contributed by atoms with Gasteiger partial charge in [-0.1, -0.05) is 32.4 Å². The van der Waals surface area contributed by atoms with Crippen molar-refractivity contribution in [3.63, 3.8) is 0 Å². The molecule has 1 heterocycles. The first-order valence-corrected chi connectivity index (χ1v) is 5.86. The summed E-state index contributed by atoms with van der Waals surface area (Å²) in [6, 6.07) is 0.104. The maximum Gasteiger partial charge on any atom is 0.274 e. The highest BCUT2D eigenvalue weighted by Gasteiger charge is 2.28. The molecular formula is C12H18ClN3O. The van der Waals surface area contributed by atoms with Crippen molar-refractivity contribution in [2.45, 2.75) is 33.7 Å². The topological polar surface area (TPSA) is 46.1 Å². The molecule has 1 unspecified atom stereocenters. The van der Waals surface area contributed by atoms with E-state index in [1.807, 2.05) is 6.92 Å². The predicted molar refractivity (Wildman–Crippen MR) is 68.1 cm³/mol. The van der Waals surface area contributed by atoms with Gasteiger partial charge in [0.25, 0.3) is 5.91 Å². The van der Waals surface area contributed by atoms with E-state index in [1.54, 1.807) is 11.9 Å². The molecule has 94 valence electrons. The van der Waals surface area contributed by atoms with Crippen LogP contribution in [-0.4, -0.2) is 33.9 Å². The zero-order valence-corrected chi connectivity index (χ0v) is 11.6. The Hall–Kier alpha value is -1.16. The predicted octanol–water partition coefficient (Wildman–Crippen LogP) is 2.64. The zero-order valence-electron chi connectivity index (χ0n) is 10.9. The highest BCUT2D eigenvalue weighted by atomic mass is 35.5. The molecule has 1 rings (SSSR count). The number of rotatable bonds is 2. The average molecular weight is 256 g/mol. The number of amides is 1. The van der Waals surface area contributed by atoms with Crippen molar-refractivity contribution in [3.05, 3.63) is 23.2 Å². The largest absolute Gasteiger partial charge is 0.337 e. The van der Waals surface area contributed by atoms with Gasteiger partial charge in [0.1, 0.15) is 10.8 Å². The lowest BCUT2D eigenvalue weighted by Gasteiger charge is -2.35. The number of nitrogens with zero attached hydrogens (tertiary/aromatic N) is 3. The first kappa shape index (κ1) is 13.9. The van der Waals surface area contributed by atoms with Gasteiger partial charge in [0.15, 0.2) is 0 Å². The van der Waals surface area contributed by atoms with Gasteiger partial charge in [-0.3, -0.25) is 4.79 Å². The lowest BCUT2D eigenvalue weighted by Crippen LogP contribution is -2.43. The van der Waals surface area contributed by atoms with Gasteiger partial charge in [0.05, 0.1) is 12.4 Å². The molecule has 0 aliphatic heterocycles. The van der Waals surface area contributed by atoms with Crippen molar-refractivity contribution in [2.75, 3.05) is 7.05 Å². The molecule has 0 aliphatic carbocycles. The Balaban J connectivity index is 2.87. The molecule has 0 saturated carbocycles. The fourth-order valence-electron chi connectivity index (χ4n) is 1.36. The van der Waals surface area contributed by atoms with E-state index in [4.69, 9.17) is 11.6 Å². The second-order valence-electron chi connectivity index (χ2n) is 5.18. The van der Waals surface area contributed by atoms with Gasteiger partial charge in [-0.15, -0.1) is 0 Å². The van der Waals surface area contributed by atoms with Crippen LogP contribution in [0.15, 0.2) is 12.4 Å². The van der Waals surface area contributed by atoms with Crippen molar-refractivity contribution >= 4 is 17.5 Å². The Kier molecular flexibility index (Phi) is 4.09. The number of carbonyl (C=O) groups is 1. The molecule has 1 atom stereocenters. The van der Waals surface area contributed by atoms with Crippen molar-refractivity contribution in [3.8, 4) is 0 Å². The third-order valence-electron chi connectivity index (χ3n) is 2.99. The molecule has 5 heteroatoms. The van der Waals surface area contributed by atoms with Crippen LogP contribution in [0.2, 0.25) is 5.15 Å². The van der Waals surface area contributed by atoms with Gasteiger partial charge >= 0.3 is 0 Å².